The Balaban J connectivity index is 1.85. The van der Waals surface area contributed by atoms with Crippen LogP contribution in [0.1, 0.15) is 36.0 Å². The second-order valence-electron chi connectivity index (χ2n) is 5.50. The number of aromatic amines is 1. The third-order valence-corrected chi connectivity index (χ3v) is 3.50. The fourth-order valence-corrected chi connectivity index (χ4v) is 2.35. The summed E-state index contributed by atoms with van der Waals surface area (Å²) in [5.74, 6) is 2.01. The van der Waals surface area contributed by atoms with Crippen LogP contribution in [0.5, 0.6) is 0 Å². The van der Waals surface area contributed by atoms with E-state index in [1.54, 1.807) is 6.20 Å². The second-order valence-corrected chi connectivity index (χ2v) is 5.50. The van der Waals surface area contributed by atoms with Gasteiger partial charge in [-0.1, -0.05) is 0 Å². The monoisotopic (exact) mass is 309 g/mol. The Morgan fingerprint density at radius 3 is 2.57 bits per heavy atom. The highest BCUT2D eigenvalue weighted by molar-refractivity contribution is 5.62. The number of H-pyrrole nitrogens is 1. The number of nitrogens with zero attached hydrogens (tertiary/aromatic N) is 5. The molecule has 118 valence electrons. The highest BCUT2D eigenvalue weighted by Gasteiger charge is 2.13. The summed E-state index contributed by atoms with van der Waals surface area (Å²) in [5, 5.41) is 10.2. The second kappa shape index (κ2) is 6.12. The lowest BCUT2D eigenvalue weighted by molar-refractivity contribution is 0.783. The molecule has 3 aromatic rings. The van der Waals surface area contributed by atoms with Gasteiger partial charge in [0, 0.05) is 23.1 Å². The van der Waals surface area contributed by atoms with Crippen molar-refractivity contribution < 1.29 is 0 Å². The van der Waals surface area contributed by atoms with Gasteiger partial charge < -0.3 is 5.32 Å². The van der Waals surface area contributed by atoms with E-state index >= 15 is 0 Å². The molecule has 0 saturated carbocycles. The smallest absolute Gasteiger partial charge is 0.223 e. The fourth-order valence-electron chi connectivity index (χ4n) is 2.35. The minimum atomic E-state index is -0.0903. The maximum atomic E-state index is 4.58. The molecule has 0 aliphatic rings. The number of nitrogens with one attached hydrogen (secondary N) is 2. The van der Waals surface area contributed by atoms with Crippen molar-refractivity contribution in [2.45, 2.75) is 33.7 Å². The number of anilines is 1. The fraction of sp³-hybridized carbons (Fsp3) is 0.312. The lowest BCUT2D eigenvalue weighted by atomic mass is 10.1. The van der Waals surface area contributed by atoms with Crippen LogP contribution in [0.15, 0.2) is 24.4 Å². The molecular weight excluding hydrogens is 290 g/mol. The van der Waals surface area contributed by atoms with Gasteiger partial charge in [0.25, 0.3) is 0 Å². The third-order valence-electron chi connectivity index (χ3n) is 3.50. The molecule has 3 heterocycles. The van der Waals surface area contributed by atoms with Gasteiger partial charge in [-0.25, -0.2) is 15.0 Å². The molecule has 3 aromatic heterocycles. The molecule has 0 unspecified atom stereocenters. The Labute approximate surface area is 134 Å². The zero-order valence-corrected chi connectivity index (χ0v) is 13.6. The molecule has 0 bridgehead atoms. The van der Waals surface area contributed by atoms with Crippen LogP contribution in [0.3, 0.4) is 0 Å². The molecule has 7 heteroatoms. The first-order chi connectivity index (χ1) is 11.0. The predicted molar refractivity (Wildman–Crippen MR) is 87.9 cm³/mol. The Morgan fingerprint density at radius 2 is 1.87 bits per heavy atom. The highest BCUT2D eigenvalue weighted by Crippen LogP contribution is 2.22. The van der Waals surface area contributed by atoms with Gasteiger partial charge in [0.05, 0.1) is 11.7 Å². The number of hydrogen-bond donors (Lipinski definition) is 2. The van der Waals surface area contributed by atoms with Crippen LogP contribution in [-0.2, 0) is 0 Å². The van der Waals surface area contributed by atoms with Gasteiger partial charge in [-0.3, -0.25) is 10.1 Å². The van der Waals surface area contributed by atoms with Gasteiger partial charge in [-0.15, -0.1) is 0 Å². The molecule has 7 nitrogen and oxygen atoms in total. The lowest BCUT2D eigenvalue weighted by Crippen LogP contribution is -2.11. The van der Waals surface area contributed by atoms with Gasteiger partial charge in [-0.2, -0.15) is 5.10 Å². The van der Waals surface area contributed by atoms with E-state index in [0.717, 1.165) is 28.5 Å². The summed E-state index contributed by atoms with van der Waals surface area (Å²) in [6.45, 7) is 7.80. The topological polar surface area (TPSA) is 92.3 Å². The number of aryl methyl sites for hydroxylation is 3. The molecule has 0 aliphatic carbocycles. The van der Waals surface area contributed by atoms with Crippen LogP contribution in [0.4, 0.5) is 5.95 Å². The number of rotatable bonds is 4. The molecule has 2 N–H and O–H groups in total. The van der Waals surface area contributed by atoms with E-state index < -0.39 is 0 Å². The molecule has 0 saturated heterocycles. The van der Waals surface area contributed by atoms with Gasteiger partial charge in [-0.05, 0) is 45.9 Å². The SMILES string of the molecule is Cc1ccc(-c2ccnc(N[C@@H](C)c3n[nH]c(C)n3)n2)c(C)n1. The van der Waals surface area contributed by atoms with E-state index in [1.165, 1.54) is 0 Å². The van der Waals surface area contributed by atoms with Gasteiger partial charge >= 0.3 is 0 Å². The molecule has 23 heavy (non-hydrogen) atoms. The lowest BCUT2D eigenvalue weighted by Gasteiger charge is -2.11. The van der Waals surface area contributed by atoms with Crippen LogP contribution in [-0.4, -0.2) is 30.1 Å². The molecule has 0 aliphatic heterocycles. The zero-order chi connectivity index (χ0) is 16.4. The quantitative estimate of drug-likeness (QED) is 0.770. The predicted octanol–water partition coefficient (Wildman–Crippen LogP) is 2.76. The minimum absolute atomic E-state index is 0.0903. The third kappa shape index (κ3) is 3.33. The molecule has 0 amide bonds. The van der Waals surface area contributed by atoms with E-state index in [2.05, 4.69) is 35.5 Å². The summed E-state index contributed by atoms with van der Waals surface area (Å²) >= 11 is 0. The maximum absolute atomic E-state index is 4.58. The summed E-state index contributed by atoms with van der Waals surface area (Å²) in [6.07, 6.45) is 1.74. The average Bonchev–Trinajstić information content (AvgIpc) is 2.94. The molecule has 0 fully saturated rings. The van der Waals surface area contributed by atoms with Crippen molar-refractivity contribution in [1.29, 1.82) is 0 Å². The molecule has 0 radical (unpaired) electrons. The first kappa shape index (κ1) is 15.1. The van der Waals surface area contributed by atoms with Crippen LogP contribution < -0.4 is 5.32 Å². The first-order valence-corrected chi connectivity index (χ1v) is 7.46. The standard InChI is InChI=1S/C16H19N7/c1-9-5-6-13(10(2)18-9)14-7-8-17-16(21-14)19-11(3)15-20-12(4)22-23-15/h5-8,11H,1-4H3,(H,17,19,21)(H,20,22,23)/t11-/m0/s1. The van der Waals surface area contributed by atoms with E-state index in [0.29, 0.717) is 11.8 Å². The molecule has 0 spiro atoms. The Hall–Kier alpha value is -2.83. The van der Waals surface area contributed by atoms with Crippen LogP contribution >= 0.6 is 0 Å². The Morgan fingerprint density at radius 1 is 1.04 bits per heavy atom. The molecular formula is C16H19N7. The van der Waals surface area contributed by atoms with Crippen molar-refractivity contribution in [2.24, 2.45) is 0 Å². The Kier molecular flexibility index (Phi) is 4.01. The van der Waals surface area contributed by atoms with Crippen molar-refractivity contribution in [2.75, 3.05) is 5.32 Å². The van der Waals surface area contributed by atoms with Crippen LogP contribution in [0, 0.1) is 20.8 Å². The summed E-state index contributed by atoms with van der Waals surface area (Å²) in [7, 11) is 0. The van der Waals surface area contributed by atoms with E-state index in [1.807, 2.05) is 45.9 Å². The van der Waals surface area contributed by atoms with E-state index in [4.69, 9.17) is 0 Å². The van der Waals surface area contributed by atoms with E-state index in [-0.39, 0.29) is 6.04 Å². The number of pyridine rings is 1. The number of aromatic nitrogens is 6. The van der Waals surface area contributed by atoms with Crippen LogP contribution in [0.25, 0.3) is 11.3 Å². The summed E-state index contributed by atoms with van der Waals surface area (Å²) < 4.78 is 0. The van der Waals surface area contributed by atoms with Crippen LogP contribution in [0.2, 0.25) is 0 Å². The van der Waals surface area contributed by atoms with Crippen molar-refractivity contribution in [3.63, 3.8) is 0 Å². The normalized spacial score (nSPS) is 12.2. The van der Waals surface area contributed by atoms with Crippen molar-refractivity contribution in [1.82, 2.24) is 30.1 Å². The highest BCUT2D eigenvalue weighted by atomic mass is 15.2. The number of hydrogen-bond acceptors (Lipinski definition) is 6. The summed E-state index contributed by atoms with van der Waals surface area (Å²) in [4.78, 5) is 17.7. The molecule has 0 aromatic carbocycles. The van der Waals surface area contributed by atoms with Gasteiger partial charge in [0.2, 0.25) is 5.95 Å². The summed E-state index contributed by atoms with van der Waals surface area (Å²) in [6, 6.07) is 5.81. The average molecular weight is 309 g/mol. The van der Waals surface area contributed by atoms with Crippen molar-refractivity contribution >= 4 is 5.95 Å². The van der Waals surface area contributed by atoms with Gasteiger partial charge in [0.15, 0.2) is 5.82 Å². The van der Waals surface area contributed by atoms with E-state index in [9.17, 15) is 0 Å². The Bertz CT molecular complexity index is 825. The van der Waals surface area contributed by atoms with Gasteiger partial charge in [0.1, 0.15) is 5.82 Å². The van der Waals surface area contributed by atoms with Crippen molar-refractivity contribution in [3.8, 4) is 11.3 Å². The largest absolute Gasteiger partial charge is 0.344 e. The zero-order valence-electron chi connectivity index (χ0n) is 13.6. The molecule has 1 atom stereocenters. The summed E-state index contributed by atoms with van der Waals surface area (Å²) in [5.41, 5.74) is 3.79. The van der Waals surface area contributed by atoms with Crippen molar-refractivity contribution in [3.05, 3.63) is 47.4 Å². The molecule has 3 rings (SSSR count). The first-order valence-electron chi connectivity index (χ1n) is 7.46. The maximum Gasteiger partial charge on any atom is 0.223 e. The minimum Gasteiger partial charge on any atom is -0.344 e.